The molecule has 0 spiro atoms. The average molecular weight is 533 g/mol. The number of esters is 1. The fourth-order valence-corrected chi connectivity index (χ4v) is 2.63. The molecule has 0 amide bonds. The van der Waals surface area contributed by atoms with Gasteiger partial charge in [0.1, 0.15) is 16.5 Å². The number of methoxy groups -OCH3 is 2. The van der Waals surface area contributed by atoms with Crippen molar-refractivity contribution in [2.45, 2.75) is 19.9 Å². The number of nitrogens with one attached hydrogen (secondary N) is 2. The van der Waals surface area contributed by atoms with E-state index in [9.17, 15) is 4.79 Å². The van der Waals surface area contributed by atoms with Crippen molar-refractivity contribution >= 4 is 47.5 Å². The lowest BCUT2D eigenvalue weighted by Crippen LogP contribution is -2.38. The molecule has 0 saturated carbocycles. The van der Waals surface area contributed by atoms with E-state index in [-0.39, 0.29) is 24.0 Å². The largest absolute Gasteiger partial charge is 0.496 e. The number of hydrogen-bond donors (Lipinski definition) is 2. The van der Waals surface area contributed by atoms with Crippen molar-refractivity contribution in [3.63, 3.8) is 0 Å². The van der Waals surface area contributed by atoms with Crippen LogP contribution in [0.4, 0.5) is 0 Å². The molecule has 7 nitrogen and oxygen atoms in total. The standard InChI is InChI=1S/C20H25ClN4O3.HI/c1-4-22-20(23-10-9-14-6-8-18(21)24-12-14)25-13-15-5-7-17(27-2)16(11-15)19(26)28-3;/h5-8,11-12H,4,9-10,13H2,1-3H3,(H2,22,23,25);1H. The normalized spacial score (nSPS) is 10.7. The van der Waals surface area contributed by atoms with Crippen molar-refractivity contribution in [1.82, 2.24) is 15.6 Å². The minimum Gasteiger partial charge on any atom is -0.496 e. The summed E-state index contributed by atoms with van der Waals surface area (Å²) in [6.07, 6.45) is 2.56. The van der Waals surface area contributed by atoms with Gasteiger partial charge in [0.25, 0.3) is 0 Å². The predicted molar refractivity (Wildman–Crippen MR) is 126 cm³/mol. The van der Waals surface area contributed by atoms with Crippen LogP contribution in [0.1, 0.15) is 28.4 Å². The van der Waals surface area contributed by atoms with Gasteiger partial charge in [0.2, 0.25) is 0 Å². The summed E-state index contributed by atoms with van der Waals surface area (Å²) in [5.74, 6) is 0.727. The first-order valence-corrected chi connectivity index (χ1v) is 9.33. The Morgan fingerprint density at radius 2 is 1.93 bits per heavy atom. The zero-order valence-electron chi connectivity index (χ0n) is 16.7. The van der Waals surface area contributed by atoms with E-state index in [1.165, 1.54) is 14.2 Å². The van der Waals surface area contributed by atoms with Gasteiger partial charge in [-0.3, -0.25) is 0 Å². The van der Waals surface area contributed by atoms with Crippen LogP contribution in [-0.2, 0) is 17.7 Å². The zero-order chi connectivity index (χ0) is 20.4. The highest BCUT2D eigenvalue weighted by Crippen LogP contribution is 2.21. The van der Waals surface area contributed by atoms with E-state index in [1.54, 1.807) is 24.4 Å². The Hall–Kier alpha value is -2.07. The van der Waals surface area contributed by atoms with Crippen LogP contribution in [0, 0.1) is 0 Å². The number of ether oxygens (including phenoxy) is 2. The van der Waals surface area contributed by atoms with Gasteiger partial charge >= 0.3 is 5.97 Å². The predicted octanol–water partition coefficient (Wildman–Crippen LogP) is 3.45. The number of carbonyl (C=O) groups excluding carboxylic acids is 1. The van der Waals surface area contributed by atoms with Gasteiger partial charge in [-0.2, -0.15) is 0 Å². The molecule has 9 heteroatoms. The summed E-state index contributed by atoms with van der Waals surface area (Å²) in [7, 11) is 2.86. The molecule has 0 aliphatic carbocycles. The molecule has 2 N–H and O–H groups in total. The monoisotopic (exact) mass is 532 g/mol. The van der Waals surface area contributed by atoms with Crippen LogP contribution in [0.5, 0.6) is 5.75 Å². The van der Waals surface area contributed by atoms with Gasteiger partial charge in [-0.15, -0.1) is 24.0 Å². The maximum Gasteiger partial charge on any atom is 0.341 e. The Balaban J connectivity index is 0.00000420. The SMILES string of the molecule is CCNC(=NCc1ccc(OC)c(C(=O)OC)c1)NCCc1ccc(Cl)nc1.I. The molecule has 158 valence electrons. The third-order valence-corrected chi connectivity index (χ3v) is 4.15. The minimum absolute atomic E-state index is 0. The van der Waals surface area contributed by atoms with Crippen LogP contribution in [0.2, 0.25) is 5.15 Å². The molecular weight excluding hydrogens is 507 g/mol. The summed E-state index contributed by atoms with van der Waals surface area (Å²) in [5.41, 5.74) is 2.34. The average Bonchev–Trinajstić information content (AvgIpc) is 2.72. The van der Waals surface area contributed by atoms with E-state index in [1.807, 2.05) is 19.1 Å². The number of nitrogens with zero attached hydrogens (tertiary/aromatic N) is 2. The Labute approximate surface area is 193 Å². The summed E-state index contributed by atoms with van der Waals surface area (Å²) >= 11 is 5.80. The smallest absolute Gasteiger partial charge is 0.341 e. The van der Waals surface area contributed by atoms with Crippen LogP contribution >= 0.6 is 35.6 Å². The van der Waals surface area contributed by atoms with Crippen molar-refractivity contribution in [1.29, 1.82) is 0 Å². The quantitative estimate of drug-likeness (QED) is 0.178. The van der Waals surface area contributed by atoms with Crippen LogP contribution in [0.25, 0.3) is 0 Å². The summed E-state index contributed by atoms with van der Waals surface area (Å²) in [4.78, 5) is 20.6. The molecule has 1 aromatic heterocycles. The summed E-state index contributed by atoms with van der Waals surface area (Å²) in [6, 6.07) is 9.07. The Bertz CT molecular complexity index is 816. The highest BCUT2D eigenvalue weighted by molar-refractivity contribution is 14.0. The lowest BCUT2D eigenvalue weighted by atomic mass is 10.1. The molecular formula is C20H26ClIN4O3. The molecule has 0 unspecified atom stereocenters. The number of benzene rings is 1. The van der Waals surface area contributed by atoms with Gasteiger partial charge < -0.3 is 20.1 Å². The first-order valence-electron chi connectivity index (χ1n) is 8.95. The number of aliphatic imine (C=N–C) groups is 1. The van der Waals surface area contributed by atoms with E-state index < -0.39 is 5.97 Å². The first-order chi connectivity index (χ1) is 13.6. The molecule has 29 heavy (non-hydrogen) atoms. The highest BCUT2D eigenvalue weighted by Gasteiger charge is 2.13. The highest BCUT2D eigenvalue weighted by atomic mass is 127. The number of guanidine groups is 1. The molecule has 1 heterocycles. The fraction of sp³-hybridized carbons (Fsp3) is 0.350. The molecule has 0 atom stereocenters. The van der Waals surface area contributed by atoms with Crippen LogP contribution < -0.4 is 15.4 Å². The number of pyridine rings is 1. The summed E-state index contributed by atoms with van der Waals surface area (Å²) in [6.45, 7) is 3.85. The van der Waals surface area contributed by atoms with E-state index in [4.69, 9.17) is 21.1 Å². The molecule has 0 bridgehead atoms. The van der Waals surface area contributed by atoms with E-state index >= 15 is 0 Å². The Morgan fingerprint density at radius 3 is 2.55 bits per heavy atom. The first kappa shape index (κ1) is 25.0. The summed E-state index contributed by atoms with van der Waals surface area (Å²) in [5, 5.41) is 6.98. The third-order valence-electron chi connectivity index (χ3n) is 3.93. The molecule has 2 rings (SSSR count). The molecule has 0 aliphatic rings. The van der Waals surface area contributed by atoms with E-state index in [0.717, 1.165) is 24.1 Å². The van der Waals surface area contributed by atoms with Crippen molar-refractivity contribution < 1.29 is 14.3 Å². The van der Waals surface area contributed by atoms with Gasteiger partial charge in [-0.1, -0.05) is 23.7 Å². The molecule has 0 aliphatic heterocycles. The Kier molecular flexibility index (Phi) is 11.4. The van der Waals surface area contributed by atoms with Crippen molar-refractivity contribution in [3.05, 3.63) is 58.4 Å². The second-order valence-corrected chi connectivity index (χ2v) is 6.27. The van der Waals surface area contributed by atoms with E-state index in [2.05, 4.69) is 20.6 Å². The molecule has 0 radical (unpaired) electrons. The number of rotatable bonds is 8. The third kappa shape index (κ3) is 8.06. The Morgan fingerprint density at radius 1 is 1.17 bits per heavy atom. The van der Waals surface area contributed by atoms with E-state index in [0.29, 0.717) is 35.5 Å². The van der Waals surface area contributed by atoms with Gasteiger partial charge in [-0.25, -0.2) is 14.8 Å². The van der Waals surface area contributed by atoms with Crippen LogP contribution in [0.3, 0.4) is 0 Å². The maximum absolute atomic E-state index is 11.9. The van der Waals surface area contributed by atoms with Gasteiger partial charge in [0.15, 0.2) is 5.96 Å². The lowest BCUT2D eigenvalue weighted by molar-refractivity contribution is 0.0597. The summed E-state index contributed by atoms with van der Waals surface area (Å²) < 4.78 is 10.0. The molecule has 2 aromatic rings. The number of carbonyl (C=O) groups is 1. The van der Waals surface area contributed by atoms with Crippen LogP contribution in [-0.4, -0.2) is 44.2 Å². The molecule has 0 saturated heterocycles. The second-order valence-electron chi connectivity index (χ2n) is 5.89. The number of halogens is 2. The molecule has 0 fully saturated rings. The number of hydrogen-bond acceptors (Lipinski definition) is 5. The van der Waals surface area contributed by atoms with Crippen molar-refractivity contribution in [2.75, 3.05) is 27.3 Å². The lowest BCUT2D eigenvalue weighted by Gasteiger charge is -2.12. The van der Waals surface area contributed by atoms with Crippen molar-refractivity contribution in [3.8, 4) is 5.75 Å². The zero-order valence-corrected chi connectivity index (χ0v) is 19.8. The maximum atomic E-state index is 11.9. The number of aromatic nitrogens is 1. The molecule has 1 aromatic carbocycles. The second kappa shape index (κ2) is 13.2. The van der Waals surface area contributed by atoms with Gasteiger partial charge in [-0.05, 0) is 42.7 Å². The van der Waals surface area contributed by atoms with Crippen molar-refractivity contribution in [2.24, 2.45) is 4.99 Å². The fourth-order valence-electron chi connectivity index (χ4n) is 2.51. The van der Waals surface area contributed by atoms with Crippen LogP contribution in [0.15, 0.2) is 41.5 Å². The minimum atomic E-state index is -0.440. The van der Waals surface area contributed by atoms with Gasteiger partial charge in [0.05, 0.1) is 20.8 Å². The van der Waals surface area contributed by atoms with Gasteiger partial charge in [0, 0.05) is 19.3 Å². The topological polar surface area (TPSA) is 84.8 Å².